The number of hydrogen-bond acceptors (Lipinski definition) is 4. The van der Waals surface area contributed by atoms with E-state index in [-0.39, 0.29) is 44.8 Å². The second-order valence-electron chi connectivity index (χ2n) is 9.30. The van der Waals surface area contributed by atoms with Gasteiger partial charge in [-0.15, -0.1) is 23.2 Å². The van der Waals surface area contributed by atoms with E-state index in [0.717, 1.165) is 0 Å². The Morgan fingerprint density at radius 2 is 1.58 bits per heavy atom. The third-order valence-corrected chi connectivity index (χ3v) is 13.3. The van der Waals surface area contributed by atoms with Gasteiger partial charge in [0.2, 0.25) is 0 Å². The van der Waals surface area contributed by atoms with Crippen molar-refractivity contribution in [2.24, 2.45) is 35.0 Å². The molecular weight excluding hydrogens is 394 g/mol. The number of hydrogen-bond donors (Lipinski definition) is 0. The second-order valence-corrected chi connectivity index (χ2v) is 12.8. The van der Waals surface area contributed by atoms with Crippen LogP contribution in [0.2, 0.25) is 0 Å². The molecule has 3 saturated carbocycles. The molecule has 3 aliphatic carbocycles. The minimum atomic E-state index is -0.827. The first-order valence-electron chi connectivity index (χ1n) is 9.14. The van der Waals surface area contributed by atoms with Crippen molar-refractivity contribution in [3.8, 4) is 0 Å². The van der Waals surface area contributed by atoms with E-state index >= 15 is 0 Å². The van der Waals surface area contributed by atoms with Crippen LogP contribution in [0.3, 0.4) is 0 Å². The average Bonchev–Trinajstić information content (AvgIpc) is 3.11. The maximum atomic E-state index is 12.8. The van der Waals surface area contributed by atoms with E-state index in [0.29, 0.717) is 34.6 Å². The summed E-state index contributed by atoms with van der Waals surface area (Å²) in [6.07, 6.45) is 0. The molecule has 10 atom stereocenters. The molecule has 10 unspecified atom stereocenters. The highest BCUT2D eigenvalue weighted by molar-refractivity contribution is 7.67. The zero-order valence-corrected chi connectivity index (χ0v) is 17.9. The third-order valence-electron chi connectivity index (χ3n) is 7.85. The van der Waals surface area contributed by atoms with Crippen molar-refractivity contribution >= 4 is 43.1 Å². The lowest BCUT2D eigenvalue weighted by atomic mass is 9.60. The molecule has 142 valence electrons. The number of carbonyl (C=O) groups excluding carboxylic acids is 2. The summed E-state index contributed by atoms with van der Waals surface area (Å²) in [4.78, 5) is 25.4. The molecule has 0 spiro atoms. The van der Waals surface area contributed by atoms with Crippen LogP contribution in [0.4, 0.5) is 0 Å². The zero-order chi connectivity index (χ0) is 18.9. The van der Waals surface area contributed by atoms with Crippen LogP contribution in [0.5, 0.6) is 0 Å². The van der Waals surface area contributed by atoms with Crippen molar-refractivity contribution in [1.82, 2.24) is 0 Å². The largest absolute Gasteiger partial charge is 0.466 e. The summed E-state index contributed by atoms with van der Waals surface area (Å²) in [6, 6.07) is 0. The van der Waals surface area contributed by atoms with Crippen LogP contribution in [-0.4, -0.2) is 47.7 Å². The van der Waals surface area contributed by atoms with E-state index in [1.165, 1.54) is 14.2 Å². The van der Waals surface area contributed by atoms with Crippen molar-refractivity contribution in [2.75, 3.05) is 14.2 Å². The van der Waals surface area contributed by atoms with E-state index < -0.39 is 7.92 Å². The van der Waals surface area contributed by atoms with Gasteiger partial charge < -0.3 is 9.47 Å². The Hall–Kier alpha value is -0.310. The third kappa shape index (κ3) is 1.55. The topological polar surface area (TPSA) is 52.6 Å². The van der Waals surface area contributed by atoms with Crippen molar-refractivity contribution in [3.63, 3.8) is 0 Å². The normalized spacial score (nSPS) is 52.3. The Morgan fingerprint density at radius 1 is 1.00 bits per heavy atom. The van der Waals surface area contributed by atoms with Crippen molar-refractivity contribution in [1.29, 1.82) is 0 Å². The monoisotopic (exact) mass is 416 g/mol. The first-order chi connectivity index (χ1) is 12.2. The fourth-order valence-corrected chi connectivity index (χ4v) is 13.7. The highest BCUT2D eigenvalue weighted by Crippen LogP contribution is 2.99. The Labute approximate surface area is 164 Å². The molecule has 7 heteroatoms. The predicted molar refractivity (Wildman–Crippen MR) is 101 cm³/mol. The highest BCUT2D eigenvalue weighted by Gasteiger charge is 2.93. The van der Waals surface area contributed by atoms with E-state index in [1.54, 1.807) is 0 Å². The first kappa shape index (κ1) is 17.8. The SMILES string of the molecule is COC(=O)C1=C(C(=O)OC)P2C3C1C1C(C4C(Cl)C(Cl)C43)C12C(C)(C)C. The van der Waals surface area contributed by atoms with Gasteiger partial charge in [-0.25, -0.2) is 9.59 Å². The second kappa shape index (κ2) is 4.99. The van der Waals surface area contributed by atoms with Crippen molar-refractivity contribution in [3.05, 3.63) is 10.9 Å². The molecule has 0 aromatic carbocycles. The smallest absolute Gasteiger partial charge is 0.338 e. The molecule has 0 radical (unpaired) electrons. The van der Waals surface area contributed by atoms with Gasteiger partial charge in [-0.3, -0.25) is 0 Å². The number of rotatable bonds is 2. The van der Waals surface area contributed by atoms with Gasteiger partial charge in [0.05, 0.1) is 35.9 Å². The molecular formula is C19H23Cl2O4P. The fourth-order valence-electron chi connectivity index (χ4n) is 7.35. The van der Waals surface area contributed by atoms with E-state index in [1.807, 2.05) is 0 Å². The molecule has 6 aliphatic rings. The Bertz CT molecular complexity index is 774. The van der Waals surface area contributed by atoms with Crippen LogP contribution in [0.1, 0.15) is 20.8 Å². The Morgan fingerprint density at radius 3 is 2.12 bits per heavy atom. The van der Waals surface area contributed by atoms with Crippen LogP contribution in [0, 0.1) is 35.0 Å². The van der Waals surface area contributed by atoms with Gasteiger partial charge >= 0.3 is 11.9 Å². The summed E-state index contributed by atoms with van der Waals surface area (Å²) in [5.74, 6) is 0.947. The summed E-state index contributed by atoms with van der Waals surface area (Å²) in [5, 5.41) is 0.623. The molecule has 0 aromatic heterocycles. The summed E-state index contributed by atoms with van der Waals surface area (Å²) >= 11 is 13.3. The number of carbonyl (C=O) groups is 2. The molecule has 3 aliphatic heterocycles. The van der Waals surface area contributed by atoms with Gasteiger partial charge in [-0.1, -0.05) is 28.7 Å². The Balaban J connectivity index is 1.71. The van der Waals surface area contributed by atoms with Crippen LogP contribution >= 0.6 is 31.1 Å². The minimum Gasteiger partial charge on any atom is -0.466 e. The van der Waals surface area contributed by atoms with Crippen LogP contribution in [-0.2, 0) is 19.1 Å². The van der Waals surface area contributed by atoms with E-state index in [9.17, 15) is 9.59 Å². The molecule has 0 amide bonds. The van der Waals surface area contributed by atoms with Gasteiger partial charge in [-0.05, 0) is 34.7 Å². The molecule has 6 rings (SSSR count). The van der Waals surface area contributed by atoms with Crippen molar-refractivity contribution < 1.29 is 19.1 Å². The van der Waals surface area contributed by atoms with Crippen molar-refractivity contribution in [2.45, 2.75) is 42.3 Å². The lowest BCUT2D eigenvalue weighted by molar-refractivity contribution is -0.139. The van der Waals surface area contributed by atoms with Crippen LogP contribution in [0.25, 0.3) is 0 Å². The molecule has 3 heterocycles. The minimum absolute atomic E-state index is 0.000227. The lowest BCUT2D eigenvalue weighted by Crippen LogP contribution is -2.61. The standard InChI is InChI=1S/C19H23Cl2O4P/c1-18(2,3)19-10-6-8(13(21)12(6)20)14-7(11(10)19)9(16(22)24-4)15(26(14)19)17(23)25-5/h6-8,10-14H,1-5H3. The number of alkyl halides is 2. The van der Waals surface area contributed by atoms with Gasteiger partial charge in [0.25, 0.3) is 0 Å². The quantitative estimate of drug-likeness (QED) is 0.392. The zero-order valence-electron chi connectivity index (χ0n) is 15.5. The Kier molecular flexibility index (Phi) is 3.41. The molecule has 26 heavy (non-hydrogen) atoms. The summed E-state index contributed by atoms with van der Waals surface area (Å²) < 4.78 is 10.2. The summed E-state index contributed by atoms with van der Waals surface area (Å²) in [5.41, 5.74) is 0.897. The van der Waals surface area contributed by atoms with Crippen LogP contribution in [0.15, 0.2) is 10.9 Å². The van der Waals surface area contributed by atoms with Gasteiger partial charge in [0, 0.05) is 11.1 Å². The van der Waals surface area contributed by atoms with Crippen LogP contribution < -0.4 is 0 Å². The molecule has 5 fully saturated rings. The lowest BCUT2D eigenvalue weighted by Gasteiger charge is -2.59. The van der Waals surface area contributed by atoms with Gasteiger partial charge in [-0.2, -0.15) is 0 Å². The number of ether oxygens (including phenoxy) is 2. The maximum Gasteiger partial charge on any atom is 0.338 e. The summed E-state index contributed by atoms with van der Waals surface area (Å²) in [7, 11) is 1.95. The molecule has 4 nitrogen and oxygen atoms in total. The predicted octanol–water partition coefficient (Wildman–Crippen LogP) is 3.59. The van der Waals surface area contributed by atoms with Gasteiger partial charge in [0.15, 0.2) is 0 Å². The maximum absolute atomic E-state index is 12.8. The number of halogens is 2. The molecule has 2 saturated heterocycles. The molecule has 6 bridgehead atoms. The van der Waals surface area contributed by atoms with E-state index in [2.05, 4.69) is 20.8 Å². The number of esters is 2. The average molecular weight is 417 g/mol. The van der Waals surface area contributed by atoms with Gasteiger partial charge in [0.1, 0.15) is 0 Å². The van der Waals surface area contributed by atoms with E-state index in [4.69, 9.17) is 32.7 Å². The molecule has 0 aromatic rings. The highest BCUT2D eigenvalue weighted by atomic mass is 35.5. The number of methoxy groups -OCH3 is 2. The first-order valence-corrected chi connectivity index (χ1v) is 11.4. The molecule has 0 N–H and O–H groups in total. The summed E-state index contributed by atoms with van der Waals surface area (Å²) in [6.45, 7) is 6.81. The fraction of sp³-hybridized carbons (Fsp3) is 0.789.